The second-order valence-corrected chi connectivity index (χ2v) is 7.95. The Morgan fingerprint density at radius 1 is 0.806 bits per heavy atom. The van der Waals surface area contributed by atoms with Gasteiger partial charge in [-0.3, -0.25) is 14.9 Å². The van der Waals surface area contributed by atoms with Gasteiger partial charge in [0, 0.05) is 11.1 Å². The van der Waals surface area contributed by atoms with Crippen LogP contribution < -0.4 is 10.6 Å². The van der Waals surface area contributed by atoms with Crippen LogP contribution in [0, 0.1) is 0 Å². The zero-order valence-electron chi connectivity index (χ0n) is 17.6. The van der Waals surface area contributed by atoms with Gasteiger partial charge in [0.1, 0.15) is 11.9 Å². The molecule has 3 rings (SSSR count). The lowest BCUT2D eigenvalue weighted by molar-refractivity contribution is 0.0635. The zero-order chi connectivity index (χ0) is 22.4. The molecule has 0 aliphatic heterocycles. The van der Waals surface area contributed by atoms with Crippen LogP contribution in [0.5, 0.6) is 0 Å². The van der Waals surface area contributed by atoms with Crippen molar-refractivity contribution < 1.29 is 19.1 Å². The number of para-hydroxylation sites is 2. The number of rotatable bonds is 5. The van der Waals surface area contributed by atoms with Crippen molar-refractivity contribution in [2.45, 2.75) is 26.4 Å². The molecule has 0 fully saturated rings. The molecule has 0 aliphatic carbocycles. The summed E-state index contributed by atoms with van der Waals surface area (Å²) in [4.78, 5) is 35.8. The molecule has 3 aromatic carbocycles. The maximum Gasteiger partial charge on any atom is 0.412 e. The summed E-state index contributed by atoms with van der Waals surface area (Å²) >= 11 is 0. The first-order chi connectivity index (χ1) is 14.7. The highest BCUT2D eigenvalue weighted by Gasteiger charge is 2.18. The molecule has 0 aromatic heterocycles. The van der Waals surface area contributed by atoms with Crippen LogP contribution in [0.15, 0.2) is 72.8 Å². The number of aldehydes is 1. The van der Waals surface area contributed by atoms with E-state index >= 15 is 0 Å². The quantitative estimate of drug-likeness (QED) is 0.518. The topological polar surface area (TPSA) is 84.5 Å². The highest BCUT2D eigenvalue weighted by molar-refractivity contribution is 6.07. The molecule has 0 spiro atoms. The van der Waals surface area contributed by atoms with Crippen molar-refractivity contribution in [2.75, 3.05) is 10.6 Å². The predicted molar refractivity (Wildman–Crippen MR) is 122 cm³/mol. The molecule has 31 heavy (non-hydrogen) atoms. The number of carbonyl (C=O) groups is 3. The van der Waals surface area contributed by atoms with Gasteiger partial charge in [0.05, 0.1) is 11.4 Å². The van der Waals surface area contributed by atoms with Crippen LogP contribution in [0.3, 0.4) is 0 Å². The third kappa shape index (κ3) is 6.02. The van der Waals surface area contributed by atoms with Gasteiger partial charge in [-0.25, -0.2) is 4.79 Å². The molecule has 6 nitrogen and oxygen atoms in total. The molecule has 6 heteroatoms. The highest BCUT2D eigenvalue weighted by Crippen LogP contribution is 2.24. The average Bonchev–Trinajstić information content (AvgIpc) is 2.74. The van der Waals surface area contributed by atoms with E-state index in [0.29, 0.717) is 22.5 Å². The Labute approximate surface area is 181 Å². The van der Waals surface area contributed by atoms with Crippen LogP contribution in [0.1, 0.15) is 41.5 Å². The van der Waals surface area contributed by atoms with E-state index in [-0.39, 0.29) is 5.91 Å². The van der Waals surface area contributed by atoms with E-state index in [0.717, 1.165) is 17.4 Å². The van der Waals surface area contributed by atoms with Crippen molar-refractivity contribution in [3.8, 4) is 11.1 Å². The molecule has 3 aromatic rings. The van der Waals surface area contributed by atoms with Crippen LogP contribution in [0.25, 0.3) is 11.1 Å². The van der Waals surface area contributed by atoms with Crippen molar-refractivity contribution in [1.29, 1.82) is 0 Å². The predicted octanol–water partition coefficient (Wildman–Crippen LogP) is 5.77. The van der Waals surface area contributed by atoms with E-state index in [4.69, 9.17) is 4.74 Å². The molecular formula is C25H24N2O4. The Morgan fingerprint density at radius 2 is 1.45 bits per heavy atom. The van der Waals surface area contributed by atoms with E-state index in [1.807, 2.05) is 24.3 Å². The normalized spacial score (nSPS) is 10.8. The summed E-state index contributed by atoms with van der Waals surface area (Å²) in [7, 11) is 0. The van der Waals surface area contributed by atoms with Gasteiger partial charge in [0.2, 0.25) is 0 Å². The number of amides is 2. The molecule has 158 valence electrons. The number of carbonyl (C=O) groups excluding carboxylic acids is 3. The number of anilines is 2. The molecular weight excluding hydrogens is 392 g/mol. The first-order valence-corrected chi connectivity index (χ1v) is 9.81. The molecule has 0 radical (unpaired) electrons. The van der Waals surface area contributed by atoms with Crippen molar-refractivity contribution in [1.82, 2.24) is 0 Å². The van der Waals surface area contributed by atoms with Crippen molar-refractivity contribution in [3.05, 3.63) is 83.9 Å². The van der Waals surface area contributed by atoms with Gasteiger partial charge in [-0.1, -0.05) is 42.5 Å². The van der Waals surface area contributed by atoms with Crippen molar-refractivity contribution in [3.63, 3.8) is 0 Å². The third-order valence-corrected chi connectivity index (χ3v) is 4.31. The second kappa shape index (κ2) is 9.26. The zero-order valence-corrected chi connectivity index (χ0v) is 17.6. The lowest BCUT2D eigenvalue weighted by atomic mass is 10.0. The van der Waals surface area contributed by atoms with Gasteiger partial charge in [-0.2, -0.15) is 0 Å². The number of nitrogens with one attached hydrogen (secondary N) is 2. The summed E-state index contributed by atoms with van der Waals surface area (Å²) in [5.41, 5.74) is 3.11. The lowest BCUT2D eigenvalue weighted by Crippen LogP contribution is -2.27. The van der Waals surface area contributed by atoms with Gasteiger partial charge in [-0.15, -0.1) is 0 Å². The van der Waals surface area contributed by atoms with Crippen molar-refractivity contribution in [2.24, 2.45) is 0 Å². The largest absolute Gasteiger partial charge is 0.444 e. The maximum absolute atomic E-state index is 12.7. The smallest absolute Gasteiger partial charge is 0.412 e. The van der Waals surface area contributed by atoms with Crippen LogP contribution >= 0.6 is 0 Å². The monoisotopic (exact) mass is 416 g/mol. The van der Waals surface area contributed by atoms with Gasteiger partial charge in [0.25, 0.3) is 5.91 Å². The molecule has 0 saturated carbocycles. The van der Waals surface area contributed by atoms with Gasteiger partial charge < -0.3 is 10.1 Å². The standard InChI is InChI=1S/C25H24N2O4/c1-25(2,3)31-24(30)27-22-10-5-4-9-21(22)26-23(29)19-13-11-18(12-14-19)20-8-6-7-17(15-20)16-28/h4-16H,1-3H3,(H,26,29)(H,27,30). The minimum Gasteiger partial charge on any atom is -0.444 e. The van der Waals surface area contributed by atoms with E-state index in [1.54, 1.807) is 69.3 Å². The minimum absolute atomic E-state index is 0.313. The fourth-order valence-corrected chi connectivity index (χ4v) is 2.91. The number of hydrogen-bond donors (Lipinski definition) is 2. The van der Waals surface area contributed by atoms with Crippen LogP contribution in [0.4, 0.5) is 16.2 Å². The fourth-order valence-electron chi connectivity index (χ4n) is 2.91. The SMILES string of the molecule is CC(C)(C)OC(=O)Nc1ccccc1NC(=O)c1ccc(-c2cccc(C=O)c2)cc1. The fraction of sp³-hybridized carbons (Fsp3) is 0.160. The van der Waals surface area contributed by atoms with Crippen LogP contribution in [-0.2, 0) is 4.74 Å². The Bertz CT molecular complexity index is 1100. The molecule has 0 bridgehead atoms. The summed E-state index contributed by atoms with van der Waals surface area (Å²) in [6.45, 7) is 5.33. The number of ether oxygens (including phenoxy) is 1. The first kappa shape index (κ1) is 21.8. The Hall–Kier alpha value is -3.93. The Balaban J connectivity index is 1.73. The minimum atomic E-state index is -0.630. The Kier molecular flexibility index (Phi) is 6.50. The summed E-state index contributed by atoms with van der Waals surface area (Å²) in [5.74, 6) is -0.313. The second-order valence-electron chi connectivity index (χ2n) is 7.95. The molecule has 0 aliphatic rings. The Morgan fingerprint density at radius 3 is 2.06 bits per heavy atom. The van der Waals surface area contributed by atoms with Crippen LogP contribution in [-0.4, -0.2) is 23.9 Å². The van der Waals surface area contributed by atoms with Crippen molar-refractivity contribution >= 4 is 29.7 Å². The number of hydrogen-bond acceptors (Lipinski definition) is 4. The number of benzene rings is 3. The molecule has 0 heterocycles. The van der Waals surface area contributed by atoms with Gasteiger partial charge in [0.15, 0.2) is 0 Å². The summed E-state index contributed by atoms with van der Waals surface area (Å²) in [6, 6.07) is 21.2. The van der Waals surface area contributed by atoms with E-state index < -0.39 is 11.7 Å². The molecule has 0 unspecified atom stereocenters. The third-order valence-electron chi connectivity index (χ3n) is 4.31. The molecule has 0 saturated heterocycles. The summed E-state index contributed by atoms with van der Waals surface area (Å²) < 4.78 is 5.27. The van der Waals surface area contributed by atoms with E-state index in [1.165, 1.54) is 0 Å². The maximum atomic E-state index is 12.7. The van der Waals surface area contributed by atoms with Crippen LogP contribution in [0.2, 0.25) is 0 Å². The molecule has 0 atom stereocenters. The summed E-state index contributed by atoms with van der Waals surface area (Å²) in [5, 5.41) is 5.48. The lowest BCUT2D eigenvalue weighted by Gasteiger charge is -2.20. The highest BCUT2D eigenvalue weighted by atomic mass is 16.6. The van der Waals surface area contributed by atoms with Gasteiger partial charge in [-0.05, 0) is 62.2 Å². The average molecular weight is 416 g/mol. The summed E-state index contributed by atoms with van der Waals surface area (Å²) in [6.07, 6.45) is 0.199. The molecule has 2 N–H and O–H groups in total. The van der Waals surface area contributed by atoms with E-state index in [2.05, 4.69) is 10.6 Å². The first-order valence-electron chi connectivity index (χ1n) is 9.81. The van der Waals surface area contributed by atoms with E-state index in [9.17, 15) is 14.4 Å². The molecule has 2 amide bonds. The van der Waals surface area contributed by atoms with Gasteiger partial charge >= 0.3 is 6.09 Å².